The Morgan fingerprint density at radius 3 is 2.45 bits per heavy atom. The molecule has 1 amide bonds. The van der Waals surface area contributed by atoms with E-state index in [2.05, 4.69) is 39.2 Å². The predicted molar refractivity (Wildman–Crippen MR) is 90.5 cm³/mol. The highest BCUT2D eigenvalue weighted by Crippen LogP contribution is 2.18. The van der Waals surface area contributed by atoms with Crippen LogP contribution in [0.15, 0.2) is 34.3 Å². The van der Waals surface area contributed by atoms with Gasteiger partial charge in [0.1, 0.15) is 5.88 Å². The summed E-state index contributed by atoms with van der Waals surface area (Å²) in [6, 6.07) is 8.32. The predicted octanol–water partition coefficient (Wildman–Crippen LogP) is 1.80. The number of piperazine rings is 1. The van der Waals surface area contributed by atoms with E-state index in [9.17, 15) is 4.79 Å². The Bertz CT molecular complexity index is 589. The van der Waals surface area contributed by atoms with Crippen LogP contribution in [0.5, 0.6) is 0 Å². The van der Waals surface area contributed by atoms with Gasteiger partial charge in [0.15, 0.2) is 5.84 Å². The number of carbonyl (C=O) groups is 1. The molecule has 5 nitrogen and oxygen atoms in total. The van der Waals surface area contributed by atoms with Gasteiger partial charge in [-0.15, -0.1) is 11.6 Å². The summed E-state index contributed by atoms with van der Waals surface area (Å²) >= 11 is 5.60. The second kappa shape index (κ2) is 6.92. The van der Waals surface area contributed by atoms with Crippen LogP contribution >= 0.6 is 11.6 Å². The first-order valence-electron chi connectivity index (χ1n) is 7.54. The van der Waals surface area contributed by atoms with Crippen LogP contribution in [-0.4, -0.2) is 61.5 Å². The summed E-state index contributed by atoms with van der Waals surface area (Å²) < 4.78 is 0. The lowest BCUT2D eigenvalue weighted by atomic mass is 10.1. The molecule has 2 aliphatic rings. The molecule has 116 valence electrons. The van der Waals surface area contributed by atoms with Crippen molar-refractivity contribution in [2.75, 3.05) is 43.5 Å². The maximum atomic E-state index is 11.6. The van der Waals surface area contributed by atoms with Crippen LogP contribution in [0.25, 0.3) is 0 Å². The van der Waals surface area contributed by atoms with E-state index in [0.29, 0.717) is 0 Å². The van der Waals surface area contributed by atoms with Crippen molar-refractivity contribution < 1.29 is 4.79 Å². The van der Waals surface area contributed by atoms with Crippen LogP contribution in [0.2, 0.25) is 0 Å². The fourth-order valence-corrected chi connectivity index (χ4v) is 2.87. The number of anilines is 1. The average Bonchev–Trinajstić information content (AvgIpc) is 2.62. The number of amidine groups is 1. The minimum absolute atomic E-state index is 0.0184. The molecule has 0 radical (unpaired) electrons. The largest absolute Gasteiger partial charge is 0.368 e. The van der Waals surface area contributed by atoms with E-state index in [0.717, 1.165) is 50.5 Å². The quantitative estimate of drug-likeness (QED) is 0.798. The monoisotopic (exact) mass is 318 g/mol. The standard InChI is InChI=1S/C16H19ClN4O/c17-12-15(22)21-10-8-20(9-11-21)14-4-2-13(3-5-14)16-18-6-1-7-19-16/h2-6H,1,7-12H2. The number of carbonyl (C=O) groups excluding carboxylic acids is 1. The van der Waals surface area contributed by atoms with Gasteiger partial charge in [0, 0.05) is 56.6 Å². The normalized spacial score (nSPS) is 18.3. The number of hydrogen-bond donors (Lipinski definition) is 0. The third-order valence-electron chi connectivity index (χ3n) is 3.97. The van der Waals surface area contributed by atoms with Crippen molar-refractivity contribution in [1.82, 2.24) is 4.90 Å². The molecule has 1 aromatic carbocycles. The maximum Gasteiger partial charge on any atom is 0.237 e. The van der Waals surface area contributed by atoms with E-state index in [1.165, 1.54) is 5.69 Å². The Hall–Kier alpha value is -1.88. The summed E-state index contributed by atoms with van der Waals surface area (Å²) in [5.74, 6) is 0.900. The van der Waals surface area contributed by atoms with Gasteiger partial charge < -0.3 is 9.80 Å². The fraction of sp³-hybridized carbons (Fsp3) is 0.438. The second-order valence-corrected chi connectivity index (χ2v) is 5.62. The first-order valence-corrected chi connectivity index (χ1v) is 8.07. The zero-order chi connectivity index (χ0) is 15.4. The second-order valence-electron chi connectivity index (χ2n) is 5.35. The zero-order valence-corrected chi connectivity index (χ0v) is 13.2. The Morgan fingerprint density at radius 1 is 1.14 bits per heavy atom. The van der Waals surface area contributed by atoms with E-state index < -0.39 is 0 Å². The van der Waals surface area contributed by atoms with E-state index in [1.54, 1.807) is 0 Å². The van der Waals surface area contributed by atoms with Gasteiger partial charge in [-0.25, -0.2) is 4.99 Å². The van der Waals surface area contributed by atoms with E-state index in [1.807, 2.05) is 11.1 Å². The molecule has 0 aliphatic carbocycles. The molecule has 1 aromatic rings. The third kappa shape index (κ3) is 3.30. The van der Waals surface area contributed by atoms with Crippen molar-refractivity contribution in [2.24, 2.45) is 9.98 Å². The molecule has 2 heterocycles. The number of benzene rings is 1. The van der Waals surface area contributed by atoms with E-state index in [-0.39, 0.29) is 11.8 Å². The molecule has 0 atom stereocenters. The summed E-state index contributed by atoms with van der Waals surface area (Å²) in [5, 5.41) is 0. The highest BCUT2D eigenvalue weighted by Gasteiger charge is 2.20. The highest BCUT2D eigenvalue weighted by molar-refractivity contribution is 6.27. The summed E-state index contributed by atoms with van der Waals surface area (Å²) in [5.41, 5.74) is 2.22. The van der Waals surface area contributed by atoms with Gasteiger partial charge in [-0.1, -0.05) is 0 Å². The number of nitrogens with zero attached hydrogens (tertiary/aromatic N) is 4. The van der Waals surface area contributed by atoms with Gasteiger partial charge >= 0.3 is 0 Å². The highest BCUT2D eigenvalue weighted by atomic mass is 35.5. The lowest BCUT2D eigenvalue weighted by Gasteiger charge is -2.36. The number of hydrogen-bond acceptors (Lipinski definition) is 4. The van der Waals surface area contributed by atoms with Crippen LogP contribution in [-0.2, 0) is 4.79 Å². The molecule has 0 spiro atoms. The topological polar surface area (TPSA) is 48.3 Å². The number of halogens is 1. The SMILES string of the molecule is O=C(CCl)N1CCN(c2ccc(C3=NCCC=N3)cc2)CC1. The lowest BCUT2D eigenvalue weighted by Crippen LogP contribution is -2.49. The van der Waals surface area contributed by atoms with Crippen LogP contribution in [0.3, 0.4) is 0 Å². The molecule has 2 aliphatic heterocycles. The molecule has 0 saturated carbocycles. The fourth-order valence-electron chi connectivity index (χ4n) is 2.71. The average molecular weight is 319 g/mol. The molecule has 22 heavy (non-hydrogen) atoms. The molecule has 1 saturated heterocycles. The van der Waals surface area contributed by atoms with Gasteiger partial charge in [-0.3, -0.25) is 9.79 Å². The van der Waals surface area contributed by atoms with Crippen molar-refractivity contribution in [3.8, 4) is 0 Å². The number of alkyl halides is 1. The van der Waals surface area contributed by atoms with E-state index >= 15 is 0 Å². The molecular formula is C16H19ClN4O. The Balaban J connectivity index is 1.63. The Labute approximate surface area is 135 Å². The van der Waals surface area contributed by atoms with Crippen LogP contribution in [0.1, 0.15) is 12.0 Å². The number of aliphatic imine (C=N–C) groups is 2. The smallest absolute Gasteiger partial charge is 0.237 e. The summed E-state index contributed by atoms with van der Waals surface area (Å²) in [4.78, 5) is 24.5. The molecule has 6 heteroatoms. The van der Waals surface area contributed by atoms with Gasteiger partial charge in [-0.05, 0) is 24.3 Å². The number of amides is 1. The van der Waals surface area contributed by atoms with E-state index in [4.69, 9.17) is 11.6 Å². The lowest BCUT2D eigenvalue weighted by molar-refractivity contribution is -0.128. The molecule has 1 fully saturated rings. The van der Waals surface area contributed by atoms with Crippen molar-refractivity contribution >= 4 is 35.2 Å². The number of rotatable bonds is 3. The van der Waals surface area contributed by atoms with Crippen LogP contribution in [0.4, 0.5) is 5.69 Å². The van der Waals surface area contributed by atoms with Crippen molar-refractivity contribution in [3.63, 3.8) is 0 Å². The van der Waals surface area contributed by atoms with Crippen LogP contribution in [0, 0.1) is 0 Å². The maximum absolute atomic E-state index is 11.6. The summed E-state index contributed by atoms with van der Waals surface area (Å²) in [6.45, 7) is 3.94. The first kappa shape index (κ1) is 15.0. The van der Waals surface area contributed by atoms with Gasteiger partial charge in [-0.2, -0.15) is 0 Å². The molecule has 3 rings (SSSR count). The Kier molecular flexibility index (Phi) is 4.73. The Morgan fingerprint density at radius 2 is 1.86 bits per heavy atom. The van der Waals surface area contributed by atoms with Gasteiger partial charge in [0.25, 0.3) is 0 Å². The van der Waals surface area contributed by atoms with Crippen LogP contribution < -0.4 is 4.90 Å². The molecule has 0 bridgehead atoms. The van der Waals surface area contributed by atoms with Gasteiger partial charge in [0.2, 0.25) is 5.91 Å². The summed E-state index contributed by atoms with van der Waals surface area (Å²) in [7, 11) is 0. The van der Waals surface area contributed by atoms with Gasteiger partial charge in [0.05, 0.1) is 0 Å². The molecule has 0 aromatic heterocycles. The molecule has 0 unspecified atom stereocenters. The molecule has 0 N–H and O–H groups in total. The van der Waals surface area contributed by atoms with Crippen molar-refractivity contribution in [2.45, 2.75) is 6.42 Å². The first-order chi connectivity index (χ1) is 10.8. The van der Waals surface area contributed by atoms with Crippen molar-refractivity contribution in [3.05, 3.63) is 29.8 Å². The third-order valence-corrected chi connectivity index (χ3v) is 4.20. The minimum atomic E-state index is 0.0184. The zero-order valence-electron chi connectivity index (χ0n) is 12.4. The molecular weight excluding hydrogens is 300 g/mol. The van der Waals surface area contributed by atoms with Crippen molar-refractivity contribution in [1.29, 1.82) is 0 Å². The summed E-state index contributed by atoms with van der Waals surface area (Å²) in [6.07, 6.45) is 2.84. The minimum Gasteiger partial charge on any atom is -0.368 e.